The minimum atomic E-state index is 0.789. The molecule has 0 N–H and O–H groups in total. The Labute approximate surface area is 140 Å². The maximum atomic E-state index is 6.48. The highest BCUT2D eigenvalue weighted by Gasteiger charge is 2.12. The summed E-state index contributed by atoms with van der Waals surface area (Å²) in [5.41, 5.74) is 1.29. The van der Waals surface area contributed by atoms with Gasteiger partial charge in [0.2, 0.25) is 0 Å². The van der Waals surface area contributed by atoms with Crippen LogP contribution in [0.25, 0.3) is 21.5 Å². The van der Waals surface area contributed by atoms with Gasteiger partial charge in [-0.1, -0.05) is 47.5 Å². The Balaban J connectivity index is 2.20. The molecule has 0 fully saturated rings. The summed E-state index contributed by atoms with van der Waals surface area (Å²) in [6.45, 7) is 0.789. The smallest absolute Gasteiger partial charge is 0.0487 e. The van der Waals surface area contributed by atoms with Crippen molar-refractivity contribution < 1.29 is 4.74 Å². The van der Waals surface area contributed by atoms with Crippen LogP contribution in [0.4, 0.5) is 0 Å². The molecule has 1 nitrogen and oxygen atoms in total. The summed E-state index contributed by atoms with van der Waals surface area (Å²) in [4.78, 5) is 0. The number of rotatable bonds is 5. The van der Waals surface area contributed by atoms with Crippen molar-refractivity contribution in [2.75, 3.05) is 13.7 Å². The first-order valence-electron chi connectivity index (χ1n) is 7.49. The number of methoxy groups -OCH3 is 1. The zero-order valence-corrected chi connectivity index (χ0v) is 14.0. The molecule has 0 spiro atoms. The van der Waals surface area contributed by atoms with Gasteiger partial charge in [0.15, 0.2) is 0 Å². The van der Waals surface area contributed by atoms with E-state index in [1.54, 1.807) is 7.11 Å². The van der Waals surface area contributed by atoms with Gasteiger partial charge in [0.25, 0.3) is 0 Å². The molecule has 22 heavy (non-hydrogen) atoms. The van der Waals surface area contributed by atoms with Gasteiger partial charge < -0.3 is 4.74 Å². The lowest BCUT2D eigenvalue weighted by Gasteiger charge is -2.13. The summed E-state index contributed by atoms with van der Waals surface area (Å²) in [7, 11) is 1.74. The molecule has 0 aliphatic heterocycles. The molecule has 0 aliphatic rings. The van der Waals surface area contributed by atoms with Crippen LogP contribution in [-0.4, -0.2) is 13.7 Å². The maximum absolute atomic E-state index is 6.48. The van der Waals surface area contributed by atoms with Crippen LogP contribution in [0, 0.1) is 0 Å². The lowest BCUT2D eigenvalue weighted by molar-refractivity contribution is 0.193. The van der Waals surface area contributed by atoms with Crippen molar-refractivity contribution in [2.24, 2.45) is 0 Å². The standard InChI is InChI=1S/C19H18Cl2O/c1-22-11-3-2-7-15-14-8-5-9-17(20)16(14)12-13-6-4-10-18(21)19(13)15/h4-6,8-10,12H,2-3,7,11H2,1H3. The lowest BCUT2D eigenvalue weighted by Crippen LogP contribution is -1.95. The largest absolute Gasteiger partial charge is 0.385 e. The molecule has 0 aliphatic carbocycles. The van der Waals surface area contributed by atoms with Crippen LogP contribution in [0.15, 0.2) is 42.5 Å². The van der Waals surface area contributed by atoms with Crippen molar-refractivity contribution in [3.05, 3.63) is 58.1 Å². The molecule has 3 rings (SSSR count). The summed E-state index contributed by atoms with van der Waals surface area (Å²) in [6, 6.07) is 14.3. The first-order chi connectivity index (χ1) is 10.7. The number of halogens is 2. The fourth-order valence-electron chi connectivity index (χ4n) is 3.02. The van der Waals surface area contributed by atoms with E-state index in [2.05, 4.69) is 18.2 Å². The Morgan fingerprint density at radius 2 is 1.68 bits per heavy atom. The van der Waals surface area contributed by atoms with E-state index < -0.39 is 0 Å². The van der Waals surface area contributed by atoms with E-state index in [0.717, 1.165) is 52.1 Å². The van der Waals surface area contributed by atoms with Gasteiger partial charge in [-0.05, 0) is 53.8 Å². The average Bonchev–Trinajstić information content (AvgIpc) is 2.52. The third kappa shape index (κ3) is 2.94. The molecule has 0 saturated carbocycles. The molecular weight excluding hydrogens is 315 g/mol. The fraction of sp³-hybridized carbons (Fsp3) is 0.263. The van der Waals surface area contributed by atoms with Crippen molar-refractivity contribution in [3.8, 4) is 0 Å². The molecule has 0 bridgehead atoms. The third-order valence-electron chi connectivity index (χ3n) is 4.05. The first kappa shape index (κ1) is 15.6. The zero-order chi connectivity index (χ0) is 15.5. The molecule has 0 unspecified atom stereocenters. The molecule has 3 aromatic rings. The summed E-state index contributed by atoms with van der Waals surface area (Å²) in [5, 5.41) is 6.19. The van der Waals surface area contributed by atoms with Crippen LogP contribution >= 0.6 is 23.2 Å². The van der Waals surface area contributed by atoms with Gasteiger partial charge in [-0.15, -0.1) is 0 Å². The van der Waals surface area contributed by atoms with E-state index in [-0.39, 0.29) is 0 Å². The number of unbranched alkanes of at least 4 members (excludes halogenated alkanes) is 1. The minimum Gasteiger partial charge on any atom is -0.385 e. The highest BCUT2D eigenvalue weighted by atomic mass is 35.5. The van der Waals surface area contributed by atoms with Crippen molar-refractivity contribution in [1.82, 2.24) is 0 Å². The highest BCUT2D eigenvalue weighted by molar-refractivity contribution is 6.38. The Bertz CT molecular complexity index is 811. The summed E-state index contributed by atoms with van der Waals surface area (Å²) in [6.07, 6.45) is 3.08. The topological polar surface area (TPSA) is 9.23 Å². The number of ether oxygens (including phenoxy) is 1. The fourth-order valence-corrected chi connectivity index (χ4v) is 3.55. The van der Waals surface area contributed by atoms with Crippen LogP contribution in [0.2, 0.25) is 10.0 Å². The number of aryl methyl sites for hydroxylation is 1. The number of benzene rings is 3. The van der Waals surface area contributed by atoms with Gasteiger partial charge in [0, 0.05) is 34.5 Å². The van der Waals surface area contributed by atoms with E-state index in [1.807, 2.05) is 24.3 Å². The predicted molar refractivity (Wildman–Crippen MR) is 96.3 cm³/mol. The number of hydrogen-bond acceptors (Lipinski definition) is 1. The molecule has 0 radical (unpaired) electrons. The van der Waals surface area contributed by atoms with Crippen LogP contribution in [0.5, 0.6) is 0 Å². The lowest BCUT2D eigenvalue weighted by atomic mass is 9.93. The monoisotopic (exact) mass is 332 g/mol. The Hall–Kier alpha value is -1.28. The van der Waals surface area contributed by atoms with Gasteiger partial charge in [0.1, 0.15) is 0 Å². The third-order valence-corrected chi connectivity index (χ3v) is 4.70. The molecular formula is C19H18Cl2O. The van der Waals surface area contributed by atoms with Crippen molar-refractivity contribution in [1.29, 1.82) is 0 Å². The second kappa shape index (κ2) is 6.87. The first-order valence-corrected chi connectivity index (χ1v) is 8.25. The Kier molecular flexibility index (Phi) is 4.87. The van der Waals surface area contributed by atoms with Crippen LogP contribution < -0.4 is 0 Å². The minimum absolute atomic E-state index is 0.789. The summed E-state index contributed by atoms with van der Waals surface area (Å²) < 4.78 is 5.15. The van der Waals surface area contributed by atoms with Crippen LogP contribution in [0.1, 0.15) is 18.4 Å². The van der Waals surface area contributed by atoms with Crippen molar-refractivity contribution in [3.63, 3.8) is 0 Å². The van der Waals surface area contributed by atoms with E-state index >= 15 is 0 Å². The number of hydrogen-bond donors (Lipinski definition) is 0. The van der Waals surface area contributed by atoms with E-state index in [4.69, 9.17) is 27.9 Å². The van der Waals surface area contributed by atoms with Gasteiger partial charge >= 0.3 is 0 Å². The highest BCUT2D eigenvalue weighted by Crippen LogP contribution is 2.36. The second-order valence-corrected chi connectivity index (χ2v) is 6.29. The van der Waals surface area contributed by atoms with E-state index in [0.29, 0.717) is 0 Å². The molecule has 0 atom stereocenters. The quantitative estimate of drug-likeness (QED) is 0.395. The molecule has 0 saturated heterocycles. The van der Waals surface area contributed by atoms with Crippen molar-refractivity contribution in [2.45, 2.75) is 19.3 Å². The maximum Gasteiger partial charge on any atom is 0.0487 e. The molecule has 0 heterocycles. The Morgan fingerprint density at radius 3 is 2.50 bits per heavy atom. The van der Waals surface area contributed by atoms with Crippen molar-refractivity contribution >= 4 is 44.7 Å². The van der Waals surface area contributed by atoms with Gasteiger partial charge in [-0.2, -0.15) is 0 Å². The molecule has 0 aromatic heterocycles. The van der Waals surface area contributed by atoms with E-state index in [9.17, 15) is 0 Å². The molecule has 0 amide bonds. The van der Waals surface area contributed by atoms with Gasteiger partial charge in [-0.3, -0.25) is 0 Å². The summed E-state index contributed by atoms with van der Waals surface area (Å²) in [5.74, 6) is 0. The average molecular weight is 333 g/mol. The summed E-state index contributed by atoms with van der Waals surface area (Å²) >= 11 is 12.9. The SMILES string of the molecule is COCCCCc1c2cccc(Cl)c2cc2cccc(Cl)c12. The van der Waals surface area contributed by atoms with Crippen LogP contribution in [-0.2, 0) is 11.2 Å². The molecule has 3 heteroatoms. The van der Waals surface area contributed by atoms with Gasteiger partial charge in [0.05, 0.1) is 0 Å². The Morgan fingerprint density at radius 1 is 0.909 bits per heavy atom. The zero-order valence-electron chi connectivity index (χ0n) is 12.5. The molecule has 3 aromatic carbocycles. The number of fused-ring (bicyclic) bond motifs is 2. The van der Waals surface area contributed by atoms with Gasteiger partial charge in [-0.25, -0.2) is 0 Å². The predicted octanol–water partition coefficient (Wildman–Crippen LogP) is 6.27. The van der Waals surface area contributed by atoms with Crippen LogP contribution in [0.3, 0.4) is 0 Å². The second-order valence-electron chi connectivity index (χ2n) is 5.48. The molecule has 114 valence electrons. The van der Waals surface area contributed by atoms with E-state index in [1.165, 1.54) is 10.9 Å². The normalized spacial score (nSPS) is 11.4.